The second kappa shape index (κ2) is 27.4. The molecule has 0 heteroatoms. The van der Waals surface area contributed by atoms with Gasteiger partial charge in [-0.3, -0.25) is 0 Å². The van der Waals surface area contributed by atoms with Crippen LogP contribution in [0.15, 0.2) is 97.1 Å². The number of hydrogen-bond acceptors (Lipinski definition) is 0. The fourth-order valence-corrected chi connectivity index (χ4v) is 8.29. The largest absolute Gasteiger partial charge is 0.0654 e. The van der Waals surface area contributed by atoms with E-state index in [0.717, 1.165) is 22.3 Å². The Morgan fingerprint density at radius 2 is 0.534 bits per heavy atom. The summed E-state index contributed by atoms with van der Waals surface area (Å²) in [5, 5.41) is 4.90. The molecule has 0 N–H and O–H groups in total. The number of fused-ring (bicyclic) bond motifs is 2. The molecule has 0 unspecified atom stereocenters. The highest BCUT2D eigenvalue weighted by Crippen LogP contribution is 2.25. The maximum Gasteiger partial charge on any atom is 0.0255 e. The van der Waals surface area contributed by atoms with Crippen molar-refractivity contribution in [2.75, 3.05) is 0 Å². The second-order valence-corrected chi connectivity index (χ2v) is 17.1. The third-order valence-electron chi connectivity index (χ3n) is 12.0. The summed E-state index contributed by atoms with van der Waals surface area (Å²) in [6.07, 6.45) is 35.9. The summed E-state index contributed by atoms with van der Waals surface area (Å²) in [6, 6.07) is 35.5. The highest BCUT2D eigenvalue weighted by atomic mass is 14.1. The highest BCUT2D eigenvalue weighted by Gasteiger charge is 2.02. The van der Waals surface area contributed by atoms with Crippen LogP contribution in [0, 0.1) is 23.7 Å². The SMILES string of the molecule is CCCCCCCCCCCCCCc1ccc(C#Cc2ccc3cc4cc(C#Cc5ccc(CCCCCCCCCCCCCC)cc5)ccc4cc3c2)cc1. The maximum absolute atomic E-state index is 3.42. The Balaban J connectivity index is 1.01. The van der Waals surface area contributed by atoms with Gasteiger partial charge in [0.2, 0.25) is 0 Å². The molecule has 0 aliphatic carbocycles. The maximum atomic E-state index is 3.42. The molecule has 306 valence electrons. The van der Waals surface area contributed by atoms with Crippen LogP contribution in [0.4, 0.5) is 0 Å². The summed E-state index contributed by atoms with van der Waals surface area (Å²) in [7, 11) is 0. The van der Waals surface area contributed by atoms with Crippen molar-refractivity contribution in [1.82, 2.24) is 0 Å². The van der Waals surface area contributed by atoms with Crippen molar-refractivity contribution in [3.63, 3.8) is 0 Å². The molecule has 0 saturated carbocycles. The van der Waals surface area contributed by atoms with E-state index in [9.17, 15) is 0 Å². The summed E-state index contributed by atoms with van der Waals surface area (Å²) < 4.78 is 0. The van der Waals surface area contributed by atoms with E-state index in [-0.39, 0.29) is 0 Å². The Kier molecular flexibility index (Phi) is 21.2. The molecule has 5 aromatic carbocycles. The van der Waals surface area contributed by atoms with Crippen molar-refractivity contribution >= 4 is 21.5 Å². The Morgan fingerprint density at radius 3 is 0.862 bits per heavy atom. The molecule has 0 amide bonds. The van der Waals surface area contributed by atoms with Gasteiger partial charge in [-0.05, 0) is 119 Å². The van der Waals surface area contributed by atoms with E-state index in [2.05, 4.69) is 135 Å². The molecule has 0 spiro atoms. The molecule has 0 aliphatic heterocycles. The average molecular weight is 771 g/mol. The quantitative estimate of drug-likeness (QED) is 0.0298. The van der Waals surface area contributed by atoms with Gasteiger partial charge < -0.3 is 0 Å². The summed E-state index contributed by atoms with van der Waals surface area (Å²) in [5.74, 6) is 13.6. The molecule has 5 rings (SSSR count). The molecule has 0 bridgehead atoms. The van der Waals surface area contributed by atoms with Gasteiger partial charge in [-0.25, -0.2) is 0 Å². The average Bonchev–Trinajstić information content (AvgIpc) is 3.25. The summed E-state index contributed by atoms with van der Waals surface area (Å²) in [5.41, 5.74) is 7.12. The molecule has 0 aliphatic rings. The van der Waals surface area contributed by atoms with Gasteiger partial charge >= 0.3 is 0 Å². The molecule has 0 nitrogen and oxygen atoms in total. The molecule has 0 aromatic heterocycles. The first kappa shape index (κ1) is 44.8. The predicted molar refractivity (Wildman–Crippen MR) is 256 cm³/mol. The molecule has 5 aromatic rings. The second-order valence-electron chi connectivity index (χ2n) is 17.1. The Hall–Kier alpha value is -4.26. The number of unbranched alkanes of at least 4 members (excludes halogenated alkanes) is 22. The van der Waals surface area contributed by atoms with Crippen LogP contribution in [0.3, 0.4) is 0 Å². The third kappa shape index (κ3) is 17.3. The van der Waals surface area contributed by atoms with Crippen LogP contribution in [0.5, 0.6) is 0 Å². The van der Waals surface area contributed by atoms with E-state index in [1.807, 2.05) is 0 Å². The first-order valence-corrected chi connectivity index (χ1v) is 23.9. The fraction of sp³-hybridized carbons (Fsp3) is 0.483. The van der Waals surface area contributed by atoms with Gasteiger partial charge in [0.25, 0.3) is 0 Å². The predicted octanol–water partition coefficient (Wildman–Crippen LogP) is 17.3. The molecule has 0 fully saturated rings. The monoisotopic (exact) mass is 771 g/mol. The first-order chi connectivity index (χ1) is 28.7. The van der Waals surface area contributed by atoms with E-state index >= 15 is 0 Å². The number of benzene rings is 5. The molecule has 0 radical (unpaired) electrons. The van der Waals surface area contributed by atoms with E-state index in [1.165, 1.54) is 200 Å². The minimum atomic E-state index is 1.05. The van der Waals surface area contributed by atoms with Crippen molar-refractivity contribution in [2.24, 2.45) is 0 Å². The van der Waals surface area contributed by atoms with Gasteiger partial charge in [0.1, 0.15) is 0 Å². The Bertz CT molecular complexity index is 1850. The summed E-state index contributed by atoms with van der Waals surface area (Å²) >= 11 is 0. The van der Waals surface area contributed by atoms with Crippen molar-refractivity contribution < 1.29 is 0 Å². The molecule has 0 heterocycles. The summed E-state index contributed by atoms with van der Waals surface area (Å²) in [4.78, 5) is 0. The van der Waals surface area contributed by atoms with Crippen LogP contribution in [0.25, 0.3) is 21.5 Å². The van der Waals surface area contributed by atoms with Crippen molar-refractivity contribution in [3.8, 4) is 23.7 Å². The van der Waals surface area contributed by atoms with Crippen molar-refractivity contribution in [3.05, 3.63) is 130 Å². The normalized spacial score (nSPS) is 11.1. The van der Waals surface area contributed by atoms with Crippen LogP contribution in [0.2, 0.25) is 0 Å². The van der Waals surface area contributed by atoms with Gasteiger partial charge in [-0.15, -0.1) is 0 Å². The van der Waals surface area contributed by atoms with Crippen molar-refractivity contribution in [1.29, 1.82) is 0 Å². The van der Waals surface area contributed by atoms with Gasteiger partial charge in [0, 0.05) is 22.3 Å². The number of aryl methyl sites for hydroxylation is 2. The summed E-state index contributed by atoms with van der Waals surface area (Å²) in [6.45, 7) is 4.59. The van der Waals surface area contributed by atoms with Crippen LogP contribution in [0.1, 0.15) is 201 Å². The lowest BCUT2D eigenvalue weighted by molar-refractivity contribution is 0.544. The zero-order chi connectivity index (χ0) is 40.3. The van der Waals surface area contributed by atoms with Gasteiger partial charge in [-0.2, -0.15) is 0 Å². The molecule has 0 saturated heterocycles. The van der Waals surface area contributed by atoms with Gasteiger partial charge in [0.15, 0.2) is 0 Å². The third-order valence-corrected chi connectivity index (χ3v) is 12.0. The Morgan fingerprint density at radius 1 is 0.259 bits per heavy atom. The molecular formula is C58H74. The molecule has 58 heavy (non-hydrogen) atoms. The lowest BCUT2D eigenvalue weighted by atomic mass is 10.00. The first-order valence-electron chi connectivity index (χ1n) is 23.9. The van der Waals surface area contributed by atoms with E-state index < -0.39 is 0 Å². The van der Waals surface area contributed by atoms with Crippen LogP contribution >= 0.6 is 0 Å². The van der Waals surface area contributed by atoms with Crippen LogP contribution in [-0.4, -0.2) is 0 Å². The van der Waals surface area contributed by atoms with Crippen molar-refractivity contribution in [2.45, 2.75) is 181 Å². The number of hydrogen-bond donors (Lipinski definition) is 0. The smallest absolute Gasteiger partial charge is 0.0255 e. The Labute approximate surface area is 355 Å². The standard InChI is InChI=1S/C58H74/c1-3-5-7-9-11-13-15-17-19-21-23-25-27-49-29-33-51(34-30-49)37-39-53-41-43-55-48-58-46-54(42-44-56(58)47-57(55)45-53)40-38-52-35-31-50(32-36-52)28-26-24-22-20-18-16-14-12-10-8-6-4-2/h29-36,41-48H,3-28H2,1-2H3. The lowest BCUT2D eigenvalue weighted by Crippen LogP contribution is -1.87. The fourth-order valence-electron chi connectivity index (χ4n) is 8.29. The lowest BCUT2D eigenvalue weighted by Gasteiger charge is -2.04. The van der Waals surface area contributed by atoms with Crippen LogP contribution < -0.4 is 0 Å². The molecule has 0 atom stereocenters. The zero-order valence-corrected chi connectivity index (χ0v) is 36.6. The van der Waals surface area contributed by atoms with Gasteiger partial charge in [0.05, 0.1) is 0 Å². The van der Waals surface area contributed by atoms with Gasteiger partial charge in [-0.1, -0.05) is 215 Å². The molecular weight excluding hydrogens is 697 g/mol. The highest BCUT2D eigenvalue weighted by molar-refractivity contribution is 5.99. The van der Waals surface area contributed by atoms with Crippen LogP contribution in [-0.2, 0) is 12.8 Å². The van der Waals surface area contributed by atoms with E-state index in [4.69, 9.17) is 0 Å². The zero-order valence-electron chi connectivity index (χ0n) is 36.6. The number of rotatable bonds is 26. The van der Waals surface area contributed by atoms with E-state index in [1.54, 1.807) is 0 Å². The topological polar surface area (TPSA) is 0 Å². The van der Waals surface area contributed by atoms with E-state index in [0.29, 0.717) is 0 Å². The minimum absolute atomic E-state index is 1.05. The minimum Gasteiger partial charge on any atom is -0.0654 e.